The lowest BCUT2D eigenvalue weighted by molar-refractivity contribution is -0.129. The van der Waals surface area contributed by atoms with E-state index in [4.69, 9.17) is 0 Å². The Morgan fingerprint density at radius 2 is 2.28 bits per heavy atom. The molecule has 18 heavy (non-hydrogen) atoms. The van der Waals surface area contributed by atoms with Crippen molar-refractivity contribution >= 4 is 27.6 Å². The monoisotopic (exact) mass is 315 g/mol. The number of halogens is 1. The van der Waals surface area contributed by atoms with Crippen LogP contribution >= 0.6 is 15.9 Å². The molecule has 0 heterocycles. The molecule has 0 bridgehead atoms. The second kappa shape index (κ2) is 8.46. The second-order valence-corrected chi connectivity index (χ2v) is 5.51. The Morgan fingerprint density at radius 3 is 2.83 bits per heavy atom. The number of amides is 1. The summed E-state index contributed by atoms with van der Waals surface area (Å²) in [5.41, 5.74) is 0. The lowest BCUT2D eigenvalue weighted by Gasteiger charge is -2.21. The number of hydrogen-bond acceptors (Lipinski definition) is 2. The molecule has 0 spiro atoms. The first-order chi connectivity index (χ1) is 8.69. The molecule has 2 unspecified atom stereocenters. The smallest absolute Gasteiger partial charge is 0.227 e. The van der Waals surface area contributed by atoms with Crippen LogP contribution in [0.1, 0.15) is 45.4 Å². The largest absolute Gasteiger partial charge is 0.346 e. The normalized spacial score (nSPS) is 20.4. The molecule has 0 fully saturated rings. The predicted molar refractivity (Wildman–Crippen MR) is 76.7 cm³/mol. The molecule has 0 saturated heterocycles. The van der Waals surface area contributed by atoms with Crippen molar-refractivity contribution in [1.29, 1.82) is 0 Å². The Balaban J connectivity index is 2.53. The van der Waals surface area contributed by atoms with E-state index in [2.05, 4.69) is 27.3 Å². The minimum Gasteiger partial charge on any atom is -0.346 e. The molecule has 0 saturated carbocycles. The maximum atomic E-state index is 12.1. The van der Waals surface area contributed by atoms with Crippen LogP contribution in [0, 0.1) is 5.92 Å². The number of ketones is 1. The molecule has 0 radical (unpaired) electrons. The first-order valence-electron chi connectivity index (χ1n) is 6.74. The van der Waals surface area contributed by atoms with Crippen molar-refractivity contribution in [3.8, 4) is 0 Å². The van der Waals surface area contributed by atoms with Crippen LogP contribution in [0.15, 0.2) is 12.2 Å². The summed E-state index contributed by atoms with van der Waals surface area (Å²) >= 11 is 3.27. The maximum absolute atomic E-state index is 12.1. The van der Waals surface area contributed by atoms with Gasteiger partial charge in [0.05, 0.1) is 12.0 Å². The number of alkyl halides is 1. The molecular formula is C14H22BrNO2. The van der Waals surface area contributed by atoms with Gasteiger partial charge < -0.3 is 5.32 Å². The molecule has 102 valence electrons. The van der Waals surface area contributed by atoms with Gasteiger partial charge in [-0.3, -0.25) is 9.59 Å². The fourth-order valence-electron chi connectivity index (χ4n) is 2.18. The fourth-order valence-corrected chi connectivity index (χ4v) is 2.57. The van der Waals surface area contributed by atoms with Crippen LogP contribution in [-0.4, -0.2) is 23.1 Å². The lowest BCUT2D eigenvalue weighted by Crippen LogP contribution is -2.43. The summed E-state index contributed by atoms with van der Waals surface area (Å²) in [5.74, 6) is 0.0871. The van der Waals surface area contributed by atoms with Gasteiger partial charge in [0.25, 0.3) is 0 Å². The highest BCUT2D eigenvalue weighted by Crippen LogP contribution is 2.17. The van der Waals surface area contributed by atoms with E-state index in [0.29, 0.717) is 11.8 Å². The highest BCUT2D eigenvalue weighted by molar-refractivity contribution is 9.09. The SMILES string of the molecule is CCCC(NC(=O)C1C=CCCC1)C(=O)CCBr. The highest BCUT2D eigenvalue weighted by atomic mass is 79.9. The predicted octanol–water partition coefficient (Wildman–Crippen LogP) is 2.98. The number of rotatable bonds is 7. The summed E-state index contributed by atoms with van der Waals surface area (Å²) in [6, 6.07) is -0.310. The first kappa shape index (κ1) is 15.4. The summed E-state index contributed by atoms with van der Waals surface area (Å²) in [4.78, 5) is 24.0. The molecule has 4 heteroatoms. The van der Waals surface area contributed by atoms with Crippen molar-refractivity contribution in [2.45, 2.75) is 51.5 Å². The quantitative estimate of drug-likeness (QED) is 0.580. The van der Waals surface area contributed by atoms with Gasteiger partial charge in [0.1, 0.15) is 0 Å². The van der Waals surface area contributed by atoms with Gasteiger partial charge in [0.2, 0.25) is 5.91 Å². The van der Waals surface area contributed by atoms with Crippen LogP contribution in [0.4, 0.5) is 0 Å². The van der Waals surface area contributed by atoms with E-state index in [-0.39, 0.29) is 23.7 Å². The van der Waals surface area contributed by atoms with Crippen molar-refractivity contribution in [3.63, 3.8) is 0 Å². The number of allylic oxidation sites excluding steroid dienone is 1. The van der Waals surface area contributed by atoms with Crippen LogP contribution in [0.5, 0.6) is 0 Å². The van der Waals surface area contributed by atoms with E-state index < -0.39 is 0 Å². The van der Waals surface area contributed by atoms with E-state index in [1.165, 1.54) is 0 Å². The number of nitrogens with one attached hydrogen (secondary N) is 1. The summed E-state index contributed by atoms with van der Waals surface area (Å²) in [7, 11) is 0. The molecule has 2 atom stereocenters. The van der Waals surface area contributed by atoms with E-state index in [1.807, 2.05) is 13.0 Å². The van der Waals surface area contributed by atoms with Gasteiger partial charge in [-0.2, -0.15) is 0 Å². The van der Waals surface area contributed by atoms with Gasteiger partial charge in [-0.15, -0.1) is 0 Å². The van der Waals surface area contributed by atoms with Crippen molar-refractivity contribution in [2.75, 3.05) is 5.33 Å². The van der Waals surface area contributed by atoms with Gasteiger partial charge in [-0.1, -0.05) is 41.4 Å². The minimum absolute atomic E-state index is 0.00678. The number of hydrogen-bond donors (Lipinski definition) is 1. The van der Waals surface area contributed by atoms with E-state index >= 15 is 0 Å². The summed E-state index contributed by atoms with van der Waals surface area (Å²) in [6.07, 6.45) is 9.15. The topological polar surface area (TPSA) is 46.2 Å². The zero-order chi connectivity index (χ0) is 13.4. The van der Waals surface area contributed by atoms with Gasteiger partial charge >= 0.3 is 0 Å². The Bertz CT molecular complexity index is 315. The molecule has 3 nitrogen and oxygen atoms in total. The van der Waals surface area contributed by atoms with E-state index in [1.54, 1.807) is 0 Å². The Hall–Kier alpha value is -0.640. The second-order valence-electron chi connectivity index (χ2n) is 4.72. The zero-order valence-corrected chi connectivity index (χ0v) is 12.5. The summed E-state index contributed by atoms with van der Waals surface area (Å²) < 4.78 is 0. The van der Waals surface area contributed by atoms with Gasteiger partial charge in [0.15, 0.2) is 5.78 Å². The Labute approximate surface area is 118 Å². The molecule has 1 amide bonds. The summed E-state index contributed by atoms with van der Waals surface area (Å²) in [5, 5.41) is 3.57. The highest BCUT2D eigenvalue weighted by Gasteiger charge is 2.23. The third-order valence-electron chi connectivity index (χ3n) is 3.21. The molecule has 0 aromatic rings. The van der Waals surface area contributed by atoms with Gasteiger partial charge in [0, 0.05) is 11.8 Å². The third kappa shape index (κ3) is 4.92. The van der Waals surface area contributed by atoms with Crippen molar-refractivity contribution in [2.24, 2.45) is 5.92 Å². The lowest BCUT2D eigenvalue weighted by atomic mass is 9.94. The Morgan fingerprint density at radius 1 is 1.50 bits per heavy atom. The van der Waals surface area contributed by atoms with E-state index in [0.717, 1.165) is 32.1 Å². The molecule has 0 aromatic carbocycles. The average Bonchev–Trinajstić information content (AvgIpc) is 2.39. The number of Topliss-reactive ketones (excluding diaryl/α,β-unsaturated/α-hetero) is 1. The van der Waals surface area contributed by atoms with Gasteiger partial charge in [-0.25, -0.2) is 0 Å². The van der Waals surface area contributed by atoms with Crippen LogP contribution in [0.3, 0.4) is 0 Å². The van der Waals surface area contributed by atoms with Crippen LogP contribution in [-0.2, 0) is 9.59 Å². The molecule has 1 aliphatic carbocycles. The zero-order valence-electron chi connectivity index (χ0n) is 11.0. The first-order valence-corrected chi connectivity index (χ1v) is 7.87. The van der Waals surface area contributed by atoms with Crippen molar-refractivity contribution in [3.05, 3.63) is 12.2 Å². The standard InChI is InChI=1S/C14H22BrNO2/c1-2-6-12(13(17)9-10-15)16-14(18)11-7-4-3-5-8-11/h4,7,11-12H,2-3,5-6,8-10H2,1H3,(H,16,18). The molecule has 0 aromatic heterocycles. The van der Waals surface area contributed by atoms with Crippen molar-refractivity contribution in [1.82, 2.24) is 5.32 Å². The average molecular weight is 316 g/mol. The van der Waals surface area contributed by atoms with Crippen LogP contribution in [0.2, 0.25) is 0 Å². The molecule has 1 aliphatic rings. The molecule has 0 aliphatic heterocycles. The number of carbonyl (C=O) groups excluding carboxylic acids is 2. The molecule has 1 N–H and O–H groups in total. The number of carbonyl (C=O) groups is 2. The fraction of sp³-hybridized carbons (Fsp3) is 0.714. The molecular weight excluding hydrogens is 294 g/mol. The van der Waals surface area contributed by atoms with Crippen LogP contribution < -0.4 is 5.32 Å². The van der Waals surface area contributed by atoms with Crippen molar-refractivity contribution < 1.29 is 9.59 Å². The third-order valence-corrected chi connectivity index (χ3v) is 3.61. The minimum atomic E-state index is -0.310. The maximum Gasteiger partial charge on any atom is 0.227 e. The summed E-state index contributed by atoms with van der Waals surface area (Å²) in [6.45, 7) is 2.03. The Kier molecular flexibility index (Phi) is 7.25. The van der Waals surface area contributed by atoms with E-state index in [9.17, 15) is 9.59 Å². The van der Waals surface area contributed by atoms with Crippen LogP contribution in [0.25, 0.3) is 0 Å². The molecule has 1 rings (SSSR count). The van der Waals surface area contributed by atoms with Gasteiger partial charge in [-0.05, 0) is 25.7 Å².